The summed E-state index contributed by atoms with van der Waals surface area (Å²) < 4.78 is 7.25. The monoisotopic (exact) mass is 594 g/mol. The van der Waals surface area contributed by atoms with Crippen molar-refractivity contribution in [1.82, 2.24) is 4.57 Å². The second kappa shape index (κ2) is 13.3. The molecule has 0 aliphatic heterocycles. The van der Waals surface area contributed by atoms with Gasteiger partial charge in [0.1, 0.15) is 5.69 Å². The van der Waals surface area contributed by atoms with E-state index < -0.39 is 12.0 Å². The summed E-state index contributed by atoms with van der Waals surface area (Å²) in [5, 5.41) is 7.55. The second-order valence-electron chi connectivity index (χ2n) is 10.7. The van der Waals surface area contributed by atoms with E-state index in [2.05, 4.69) is 43.2 Å². The van der Waals surface area contributed by atoms with Gasteiger partial charge in [-0.05, 0) is 67.3 Å². The molecule has 0 atom stereocenters. The number of benzene rings is 3. The van der Waals surface area contributed by atoms with Gasteiger partial charge in [-0.3, -0.25) is 0 Å². The number of halogens is 2. The Bertz CT molecular complexity index is 1540. The number of amides is 2. The van der Waals surface area contributed by atoms with E-state index in [0.717, 1.165) is 35.4 Å². The van der Waals surface area contributed by atoms with Crippen molar-refractivity contribution in [1.29, 1.82) is 0 Å². The number of esters is 1. The molecular formula is C32H36Cl2N4O3. The molecule has 1 aromatic heterocycles. The number of urea groups is 1. The summed E-state index contributed by atoms with van der Waals surface area (Å²) in [5.74, 6) is 0.381. The van der Waals surface area contributed by atoms with Crippen LogP contribution >= 0.6 is 23.2 Å². The molecule has 0 bridgehead atoms. The van der Waals surface area contributed by atoms with Gasteiger partial charge in [-0.25, -0.2) is 9.59 Å². The molecule has 4 aromatic rings. The van der Waals surface area contributed by atoms with Crippen molar-refractivity contribution in [3.05, 3.63) is 82.5 Å². The number of nitrogens with zero attached hydrogens (tertiary/aromatic N) is 2. The molecule has 7 nitrogen and oxygen atoms in total. The predicted molar refractivity (Wildman–Crippen MR) is 170 cm³/mol. The van der Waals surface area contributed by atoms with Crippen LogP contribution < -0.4 is 15.5 Å². The number of rotatable bonds is 10. The summed E-state index contributed by atoms with van der Waals surface area (Å²) >= 11 is 12.2. The molecule has 2 N–H and O–H groups in total. The molecule has 4 rings (SSSR count). The number of aromatic nitrogens is 1. The Hall–Kier alpha value is -3.68. The number of carbonyl (C=O) groups excluding carboxylic acids is 2. The van der Waals surface area contributed by atoms with Gasteiger partial charge in [-0.2, -0.15) is 0 Å². The zero-order valence-electron chi connectivity index (χ0n) is 24.0. The van der Waals surface area contributed by atoms with Gasteiger partial charge in [-0.15, -0.1) is 0 Å². The van der Waals surface area contributed by atoms with Gasteiger partial charge < -0.3 is 24.8 Å². The lowest BCUT2D eigenvalue weighted by molar-refractivity contribution is 0.0517. The summed E-state index contributed by atoms with van der Waals surface area (Å²) in [6.07, 6.45) is 0. The summed E-state index contributed by atoms with van der Waals surface area (Å²) in [5.41, 5.74) is 3.99. The van der Waals surface area contributed by atoms with E-state index in [0.29, 0.717) is 38.9 Å². The first-order chi connectivity index (χ1) is 19.6. The predicted octanol–water partition coefficient (Wildman–Crippen LogP) is 8.88. The Labute approximate surface area is 251 Å². The first kappa shape index (κ1) is 30.3. The van der Waals surface area contributed by atoms with E-state index in [1.165, 1.54) is 0 Å². The van der Waals surface area contributed by atoms with Gasteiger partial charge >= 0.3 is 12.0 Å². The maximum absolute atomic E-state index is 13.3. The van der Waals surface area contributed by atoms with Gasteiger partial charge in [0.05, 0.1) is 33.5 Å². The van der Waals surface area contributed by atoms with E-state index in [4.69, 9.17) is 27.9 Å². The molecular weight excluding hydrogens is 559 g/mol. The molecule has 0 spiro atoms. The minimum Gasteiger partial charge on any atom is -0.461 e. The van der Waals surface area contributed by atoms with Gasteiger partial charge in [0.25, 0.3) is 0 Å². The molecule has 0 saturated heterocycles. The molecule has 0 unspecified atom stereocenters. The van der Waals surface area contributed by atoms with Crippen LogP contribution in [0.15, 0.2) is 66.7 Å². The third-order valence-electron chi connectivity index (χ3n) is 6.37. The van der Waals surface area contributed by atoms with Crippen LogP contribution in [0.1, 0.15) is 45.1 Å². The van der Waals surface area contributed by atoms with Crippen LogP contribution in [0.5, 0.6) is 0 Å². The molecule has 9 heteroatoms. The molecule has 1 heterocycles. The molecule has 0 radical (unpaired) electrons. The van der Waals surface area contributed by atoms with E-state index in [1.54, 1.807) is 25.1 Å². The molecule has 0 aliphatic carbocycles. The van der Waals surface area contributed by atoms with Crippen LogP contribution in [0, 0.1) is 11.8 Å². The normalized spacial score (nSPS) is 11.2. The Morgan fingerprint density at radius 3 is 2.24 bits per heavy atom. The summed E-state index contributed by atoms with van der Waals surface area (Å²) in [6.45, 7) is 12.3. The SMILES string of the molecule is CCOC(=O)c1cc2ccccc2n1-c1ccc(N(CC(C)C)CC(C)C)c(NC(=O)Nc2ccc(Cl)c(Cl)c2)c1. The van der Waals surface area contributed by atoms with Gasteiger partial charge in [0, 0.05) is 29.9 Å². The average molecular weight is 596 g/mol. The molecule has 0 fully saturated rings. The molecule has 2 amide bonds. The summed E-state index contributed by atoms with van der Waals surface area (Å²) in [4.78, 5) is 28.5. The topological polar surface area (TPSA) is 75.6 Å². The lowest BCUT2D eigenvalue weighted by atomic mass is 10.1. The molecule has 0 saturated carbocycles. The Morgan fingerprint density at radius 1 is 0.878 bits per heavy atom. The first-order valence-electron chi connectivity index (χ1n) is 13.8. The van der Waals surface area contributed by atoms with Crippen molar-refractivity contribution in [3.8, 4) is 5.69 Å². The van der Waals surface area contributed by atoms with Crippen LogP contribution in [0.25, 0.3) is 16.6 Å². The van der Waals surface area contributed by atoms with Crippen molar-refractivity contribution < 1.29 is 14.3 Å². The number of hydrogen-bond acceptors (Lipinski definition) is 4. The number of para-hydroxylation sites is 1. The highest BCUT2D eigenvalue weighted by molar-refractivity contribution is 6.42. The fourth-order valence-electron chi connectivity index (χ4n) is 4.84. The molecule has 41 heavy (non-hydrogen) atoms. The number of hydrogen-bond donors (Lipinski definition) is 2. The van der Waals surface area contributed by atoms with Crippen LogP contribution in [0.3, 0.4) is 0 Å². The van der Waals surface area contributed by atoms with Gasteiger partial charge in [-0.1, -0.05) is 69.1 Å². The maximum atomic E-state index is 13.3. The first-order valence-corrected chi connectivity index (χ1v) is 14.5. The number of nitrogens with one attached hydrogen (secondary N) is 2. The second-order valence-corrected chi connectivity index (χ2v) is 11.6. The number of fused-ring (bicyclic) bond motifs is 1. The Morgan fingerprint density at radius 2 is 1.59 bits per heavy atom. The van der Waals surface area contributed by atoms with E-state index >= 15 is 0 Å². The largest absolute Gasteiger partial charge is 0.461 e. The van der Waals surface area contributed by atoms with Crippen molar-refractivity contribution >= 4 is 63.2 Å². The zero-order chi connectivity index (χ0) is 29.7. The van der Waals surface area contributed by atoms with Crippen molar-refractivity contribution in [2.75, 3.05) is 35.2 Å². The van der Waals surface area contributed by atoms with Crippen LogP contribution in [-0.2, 0) is 4.74 Å². The number of anilines is 3. The third-order valence-corrected chi connectivity index (χ3v) is 7.11. The highest BCUT2D eigenvalue weighted by Gasteiger charge is 2.21. The highest BCUT2D eigenvalue weighted by atomic mass is 35.5. The zero-order valence-corrected chi connectivity index (χ0v) is 25.5. The van der Waals surface area contributed by atoms with E-state index in [-0.39, 0.29) is 6.61 Å². The highest BCUT2D eigenvalue weighted by Crippen LogP contribution is 2.33. The quantitative estimate of drug-likeness (QED) is 0.180. The lowest BCUT2D eigenvalue weighted by Crippen LogP contribution is -2.32. The van der Waals surface area contributed by atoms with Crippen LogP contribution in [0.4, 0.5) is 21.9 Å². The molecule has 0 aliphatic rings. The Balaban J connectivity index is 1.82. The maximum Gasteiger partial charge on any atom is 0.355 e. The molecule has 3 aromatic carbocycles. The van der Waals surface area contributed by atoms with Gasteiger partial charge in [0.15, 0.2) is 0 Å². The number of ether oxygens (including phenoxy) is 1. The third kappa shape index (κ3) is 7.34. The fraction of sp³-hybridized carbons (Fsp3) is 0.312. The molecule has 216 valence electrons. The summed E-state index contributed by atoms with van der Waals surface area (Å²) in [6, 6.07) is 20.0. The van der Waals surface area contributed by atoms with Crippen LogP contribution in [0.2, 0.25) is 10.0 Å². The lowest BCUT2D eigenvalue weighted by Gasteiger charge is -2.31. The van der Waals surface area contributed by atoms with Crippen molar-refractivity contribution in [2.45, 2.75) is 34.6 Å². The van der Waals surface area contributed by atoms with Crippen LogP contribution in [-0.4, -0.2) is 36.3 Å². The van der Waals surface area contributed by atoms with E-state index in [9.17, 15) is 9.59 Å². The summed E-state index contributed by atoms with van der Waals surface area (Å²) in [7, 11) is 0. The minimum atomic E-state index is -0.432. The average Bonchev–Trinajstić information content (AvgIpc) is 3.30. The van der Waals surface area contributed by atoms with E-state index in [1.807, 2.05) is 53.1 Å². The smallest absolute Gasteiger partial charge is 0.355 e. The Kier molecular flexibility index (Phi) is 9.84. The minimum absolute atomic E-state index is 0.264. The van der Waals surface area contributed by atoms with Crippen molar-refractivity contribution in [3.63, 3.8) is 0 Å². The van der Waals surface area contributed by atoms with Gasteiger partial charge in [0.2, 0.25) is 0 Å². The number of carbonyl (C=O) groups is 2. The fourth-order valence-corrected chi connectivity index (χ4v) is 5.14. The van der Waals surface area contributed by atoms with Crippen molar-refractivity contribution in [2.24, 2.45) is 11.8 Å². The standard InChI is InChI=1S/C32H36Cl2N4O3/c1-6-41-31(39)30-15-22-9-7-8-10-28(22)38(30)24-12-14-29(37(18-20(2)3)19-21(4)5)27(17-24)36-32(40)35-23-11-13-25(33)26(34)16-23/h7-17,20-21H,6,18-19H2,1-5H3,(H2,35,36,40).